The maximum atomic E-state index is 12.6. The first kappa shape index (κ1) is 13.4. The molecule has 0 radical (unpaired) electrons. The van der Waals surface area contributed by atoms with Crippen LogP contribution in [0, 0.1) is 5.92 Å². The molecule has 3 unspecified atom stereocenters. The molecule has 0 saturated heterocycles. The summed E-state index contributed by atoms with van der Waals surface area (Å²) in [4.78, 5) is 13.8. The van der Waals surface area contributed by atoms with Crippen LogP contribution < -0.4 is 0 Å². The number of aliphatic hydroxyl groups is 1. The molecule has 1 heterocycles. The fourth-order valence-corrected chi connectivity index (χ4v) is 4.63. The lowest BCUT2D eigenvalue weighted by Gasteiger charge is -2.25. The second-order valence-electron chi connectivity index (χ2n) is 5.13. The van der Waals surface area contributed by atoms with Crippen molar-refractivity contribution in [1.82, 2.24) is 0 Å². The molecule has 2 nitrogen and oxygen atoms in total. The van der Waals surface area contributed by atoms with Crippen molar-refractivity contribution in [2.45, 2.75) is 11.0 Å². The Morgan fingerprint density at radius 3 is 2.50 bits per heavy atom. The number of aliphatic hydroxyl groups excluding tert-OH is 1. The summed E-state index contributed by atoms with van der Waals surface area (Å²) in [6.07, 6.45) is 1.43. The van der Waals surface area contributed by atoms with E-state index in [2.05, 4.69) is 6.26 Å². The largest absolute Gasteiger partial charge is 0.387 e. The maximum Gasteiger partial charge on any atom is 0.178 e. The van der Waals surface area contributed by atoms with E-state index in [0.717, 1.165) is 21.8 Å². The van der Waals surface area contributed by atoms with Crippen LogP contribution in [0.4, 0.5) is 0 Å². The third-order valence-corrected chi connectivity index (χ3v) is 5.78. The minimum Gasteiger partial charge on any atom is -0.387 e. The predicted molar refractivity (Wildman–Crippen MR) is 82.1 cm³/mol. The number of hydrogen-bond acceptors (Lipinski definition) is 2. The number of ketones is 1. The second kappa shape index (κ2) is 5.43. The Balaban J connectivity index is 1.95. The molecular weight excluding hydrogens is 268 g/mol. The van der Waals surface area contributed by atoms with Crippen LogP contribution in [-0.4, -0.2) is 22.9 Å². The van der Waals surface area contributed by atoms with Crippen molar-refractivity contribution >= 4 is 16.7 Å². The smallest absolute Gasteiger partial charge is 0.178 e. The molecule has 1 aliphatic rings. The van der Waals surface area contributed by atoms with Gasteiger partial charge in [-0.05, 0) is 17.7 Å². The molecule has 0 bridgehead atoms. The van der Waals surface area contributed by atoms with Crippen molar-refractivity contribution < 1.29 is 9.90 Å². The van der Waals surface area contributed by atoms with Gasteiger partial charge in [-0.15, -0.1) is 0 Å². The van der Waals surface area contributed by atoms with Crippen LogP contribution in [0.3, 0.4) is 0 Å². The van der Waals surface area contributed by atoms with E-state index in [1.165, 1.54) is 0 Å². The zero-order valence-electron chi connectivity index (χ0n) is 11.3. The molecule has 1 aliphatic heterocycles. The summed E-state index contributed by atoms with van der Waals surface area (Å²) >= 11 is 0. The maximum absolute atomic E-state index is 12.6. The molecule has 0 fully saturated rings. The van der Waals surface area contributed by atoms with E-state index >= 15 is 0 Å². The molecule has 20 heavy (non-hydrogen) atoms. The Morgan fingerprint density at radius 1 is 1.10 bits per heavy atom. The van der Waals surface area contributed by atoms with E-state index in [1.54, 1.807) is 0 Å². The first-order valence-corrected chi connectivity index (χ1v) is 8.47. The molecule has 0 aliphatic carbocycles. The van der Waals surface area contributed by atoms with Crippen LogP contribution >= 0.6 is 0 Å². The van der Waals surface area contributed by atoms with Crippen molar-refractivity contribution in [1.29, 1.82) is 0 Å². The Kier molecular flexibility index (Phi) is 3.64. The monoisotopic (exact) mass is 285 g/mol. The van der Waals surface area contributed by atoms with E-state index < -0.39 is 6.10 Å². The SMILES string of the molecule is C[S+]1CC(C(O)c2ccccc2)C(=O)c2ccccc21. The predicted octanol–water partition coefficient (Wildman–Crippen LogP) is 2.84. The topological polar surface area (TPSA) is 37.3 Å². The van der Waals surface area contributed by atoms with Crippen molar-refractivity contribution in [3.63, 3.8) is 0 Å². The number of Topliss-reactive ketones (excluding diaryl/α,β-unsaturated/α-hetero) is 1. The van der Waals surface area contributed by atoms with Crippen LogP contribution in [-0.2, 0) is 10.9 Å². The Labute approximate surface area is 121 Å². The zero-order valence-corrected chi connectivity index (χ0v) is 12.1. The molecule has 0 aromatic heterocycles. The summed E-state index contributed by atoms with van der Waals surface area (Å²) < 4.78 is 0. The Bertz CT molecular complexity index is 624. The third kappa shape index (κ3) is 2.28. The summed E-state index contributed by atoms with van der Waals surface area (Å²) in [6.45, 7) is 0. The summed E-state index contributed by atoms with van der Waals surface area (Å²) in [5.74, 6) is 0.467. The van der Waals surface area contributed by atoms with Gasteiger partial charge in [-0.25, -0.2) is 0 Å². The Morgan fingerprint density at radius 2 is 1.75 bits per heavy atom. The van der Waals surface area contributed by atoms with Crippen molar-refractivity contribution in [3.8, 4) is 0 Å². The number of hydrogen-bond donors (Lipinski definition) is 1. The molecule has 3 atom stereocenters. The van der Waals surface area contributed by atoms with Gasteiger partial charge in [0.1, 0.15) is 12.0 Å². The number of fused-ring (bicyclic) bond motifs is 1. The summed E-state index contributed by atoms with van der Waals surface area (Å²) in [6, 6.07) is 17.2. The van der Waals surface area contributed by atoms with Gasteiger partial charge in [0.05, 0.1) is 17.6 Å². The first-order valence-electron chi connectivity index (χ1n) is 6.67. The number of carbonyl (C=O) groups excluding carboxylic acids is 1. The normalized spacial score (nSPS) is 23.2. The average molecular weight is 285 g/mol. The van der Waals surface area contributed by atoms with Gasteiger partial charge in [0, 0.05) is 10.9 Å². The molecule has 3 rings (SSSR count). The van der Waals surface area contributed by atoms with Crippen LogP contribution in [0.5, 0.6) is 0 Å². The number of carbonyl (C=O) groups is 1. The van der Waals surface area contributed by atoms with Gasteiger partial charge in [0.25, 0.3) is 0 Å². The van der Waals surface area contributed by atoms with Gasteiger partial charge in [-0.3, -0.25) is 4.79 Å². The summed E-state index contributed by atoms with van der Waals surface area (Å²) in [7, 11) is 0.00891. The van der Waals surface area contributed by atoms with Crippen molar-refractivity contribution in [2.75, 3.05) is 12.0 Å². The van der Waals surface area contributed by atoms with Gasteiger partial charge < -0.3 is 5.11 Å². The average Bonchev–Trinajstić information content (AvgIpc) is 2.51. The zero-order chi connectivity index (χ0) is 14.1. The fraction of sp³-hybridized carbons (Fsp3) is 0.235. The highest BCUT2D eigenvalue weighted by atomic mass is 32.2. The number of rotatable bonds is 2. The highest BCUT2D eigenvalue weighted by Gasteiger charge is 2.42. The molecule has 102 valence electrons. The van der Waals surface area contributed by atoms with Crippen molar-refractivity contribution in [3.05, 3.63) is 65.7 Å². The number of benzene rings is 2. The molecular formula is C17H17O2S+. The minimum absolute atomic E-state index is 0.00891. The van der Waals surface area contributed by atoms with E-state index in [9.17, 15) is 9.90 Å². The van der Waals surface area contributed by atoms with E-state index in [0.29, 0.717) is 0 Å². The standard InChI is InChI=1S/C17H17O2S/c1-20-11-14(16(18)12-7-3-2-4-8-12)17(19)13-9-5-6-10-15(13)20/h2-10,14,16,18H,11H2,1H3/q+1. The van der Waals surface area contributed by atoms with Gasteiger partial charge in [-0.1, -0.05) is 42.5 Å². The second-order valence-corrected chi connectivity index (χ2v) is 7.17. The first-order chi connectivity index (χ1) is 9.68. The van der Waals surface area contributed by atoms with E-state index in [-0.39, 0.29) is 22.6 Å². The van der Waals surface area contributed by atoms with Crippen LogP contribution in [0.2, 0.25) is 0 Å². The van der Waals surface area contributed by atoms with Crippen LogP contribution in [0.15, 0.2) is 59.5 Å². The summed E-state index contributed by atoms with van der Waals surface area (Å²) in [5, 5.41) is 10.5. The summed E-state index contributed by atoms with van der Waals surface area (Å²) in [5.41, 5.74) is 1.60. The fourth-order valence-electron chi connectivity index (χ4n) is 2.73. The lowest BCUT2D eigenvalue weighted by atomic mass is 9.89. The molecule has 0 spiro atoms. The van der Waals surface area contributed by atoms with E-state index in [4.69, 9.17) is 0 Å². The lowest BCUT2D eigenvalue weighted by molar-refractivity contribution is 0.0713. The minimum atomic E-state index is -0.716. The lowest BCUT2D eigenvalue weighted by Crippen LogP contribution is -2.35. The third-order valence-electron chi connectivity index (χ3n) is 3.82. The quantitative estimate of drug-likeness (QED) is 0.862. The Hall–Kier alpha value is -1.58. The van der Waals surface area contributed by atoms with Gasteiger partial charge in [0.2, 0.25) is 0 Å². The van der Waals surface area contributed by atoms with Crippen LogP contribution in [0.1, 0.15) is 22.0 Å². The van der Waals surface area contributed by atoms with Crippen LogP contribution in [0.25, 0.3) is 0 Å². The van der Waals surface area contributed by atoms with Gasteiger partial charge >= 0.3 is 0 Å². The molecule has 3 heteroatoms. The molecule has 0 amide bonds. The molecule has 1 N–H and O–H groups in total. The highest BCUT2D eigenvalue weighted by molar-refractivity contribution is 7.96. The van der Waals surface area contributed by atoms with E-state index in [1.807, 2.05) is 54.6 Å². The molecule has 2 aromatic rings. The van der Waals surface area contributed by atoms with Gasteiger partial charge in [-0.2, -0.15) is 0 Å². The highest BCUT2D eigenvalue weighted by Crippen LogP contribution is 2.34. The molecule has 2 aromatic carbocycles. The van der Waals surface area contributed by atoms with Gasteiger partial charge in [0.15, 0.2) is 10.7 Å². The van der Waals surface area contributed by atoms with Crippen molar-refractivity contribution in [2.24, 2.45) is 5.92 Å². The molecule has 0 saturated carbocycles.